The Morgan fingerprint density at radius 3 is 2.61 bits per heavy atom. The molecular formula is C24H31N5O4. The van der Waals surface area contributed by atoms with E-state index < -0.39 is 0 Å². The van der Waals surface area contributed by atoms with E-state index in [1.165, 1.54) is 0 Å². The van der Waals surface area contributed by atoms with Gasteiger partial charge >= 0.3 is 0 Å². The van der Waals surface area contributed by atoms with Gasteiger partial charge < -0.3 is 19.6 Å². The minimum absolute atomic E-state index is 0.0391. The largest absolute Gasteiger partial charge is 0.466 e. The molecule has 1 aliphatic rings. The number of rotatable bonds is 7. The number of nitrogens with one attached hydrogen (secondary N) is 2. The third-order valence-corrected chi connectivity index (χ3v) is 6.04. The maximum absolute atomic E-state index is 13.3. The molecule has 3 aromatic heterocycles. The van der Waals surface area contributed by atoms with Gasteiger partial charge in [0, 0.05) is 31.2 Å². The second kappa shape index (κ2) is 9.74. The second-order valence-electron chi connectivity index (χ2n) is 8.70. The van der Waals surface area contributed by atoms with Gasteiger partial charge in [0.1, 0.15) is 11.5 Å². The quantitative estimate of drug-likeness (QED) is 0.565. The molecule has 1 fully saturated rings. The lowest BCUT2D eigenvalue weighted by Crippen LogP contribution is -2.47. The average molecular weight is 454 g/mol. The summed E-state index contributed by atoms with van der Waals surface area (Å²) in [6, 6.07) is 3.73. The Kier molecular flexibility index (Phi) is 6.78. The molecule has 2 amide bonds. The Morgan fingerprint density at radius 1 is 1.18 bits per heavy atom. The number of carbonyl (C=O) groups excluding carboxylic acids is 2. The number of carbonyl (C=O) groups is 2. The highest BCUT2D eigenvalue weighted by molar-refractivity contribution is 6.07. The third kappa shape index (κ3) is 5.08. The number of amides is 2. The maximum atomic E-state index is 13.3. The molecule has 3 aromatic rings. The zero-order valence-electron chi connectivity index (χ0n) is 19.7. The second-order valence-corrected chi connectivity index (χ2v) is 8.70. The van der Waals surface area contributed by atoms with Crippen LogP contribution in [0.25, 0.3) is 22.4 Å². The highest BCUT2D eigenvalue weighted by Gasteiger charge is 2.25. The summed E-state index contributed by atoms with van der Waals surface area (Å²) in [4.78, 5) is 32.0. The van der Waals surface area contributed by atoms with E-state index in [2.05, 4.69) is 25.7 Å². The monoisotopic (exact) mass is 453 g/mol. The van der Waals surface area contributed by atoms with Gasteiger partial charge in [0.15, 0.2) is 0 Å². The van der Waals surface area contributed by atoms with Gasteiger partial charge in [-0.3, -0.25) is 14.5 Å². The van der Waals surface area contributed by atoms with Crippen molar-refractivity contribution in [3.05, 3.63) is 34.9 Å². The Bertz CT molecular complexity index is 1160. The molecule has 9 heteroatoms. The van der Waals surface area contributed by atoms with E-state index in [0.29, 0.717) is 41.1 Å². The van der Waals surface area contributed by atoms with E-state index in [1.54, 1.807) is 13.0 Å². The Balaban J connectivity index is 1.48. The topological polar surface area (TPSA) is 114 Å². The summed E-state index contributed by atoms with van der Waals surface area (Å²) in [5, 5.41) is 10.7. The van der Waals surface area contributed by atoms with Crippen LogP contribution in [-0.2, 0) is 4.79 Å². The third-order valence-electron chi connectivity index (χ3n) is 6.04. The predicted molar refractivity (Wildman–Crippen MR) is 124 cm³/mol. The fourth-order valence-electron chi connectivity index (χ4n) is 4.32. The molecule has 1 saturated heterocycles. The first-order chi connectivity index (χ1) is 15.9. The number of aromatic nitrogens is 2. The molecule has 0 bridgehead atoms. The van der Waals surface area contributed by atoms with Crippen LogP contribution in [0, 0.1) is 20.8 Å². The Labute approximate surface area is 192 Å². The van der Waals surface area contributed by atoms with Crippen molar-refractivity contribution >= 4 is 22.9 Å². The number of piperidine rings is 1. The smallest absolute Gasteiger partial charge is 0.259 e. The first-order valence-corrected chi connectivity index (χ1v) is 11.5. The van der Waals surface area contributed by atoms with Crippen LogP contribution in [0.5, 0.6) is 0 Å². The molecule has 176 valence electrons. The van der Waals surface area contributed by atoms with Gasteiger partial charge in [-0.25, -0.2) is 4.98 Å². The maximum Gasteiger partial charge on any atom is 0.259 e. The van der Waals surface area contributed by atoms with E-state index in [0.717, 1.165) is 49.4 Å². The standard InChI is InChI=1S/C24H31N5O4/c1-5-8-25-21(30)13-29-9-6-17(7-10-29)26-23(31)19-12-20(18-11-14(2)32-16(18)4)27-24-22(19)15(3)28-33-24/h11-12,17H,5-10,13H2,1-4H3,(H,25,30)(H,26,31). The highest BCUT2D eigenvalue weighted by Crippen LogP contribution is 2.30. The molecule has 0 spiro atoms. The lowest BCUT2D eigenvalue weighted by Gasteiger charge is -2.31. The zero-order valence-corrected chi connectivity index (χ0v) is 19.7. The molecule has 9 nitrogen and oxygen atoms in total. The number of pyridine rings is 1. The molecule has 4 heterocycles. The van der Waals surface area contributed by atoms with Gasteiger partial charge in [-0.2, -0.15) is 0 Å². The van der Waals surface area contributed by atoms with Crippen molar-refractivity contribution in [1.82, 2.24) is 25.7 Å². The number of hydrogen-bond acceptors (Lipinski definition) is 7. The summed E-state index contributed by atoms with van der Waals surface area (Å²) in [6.45, 7) is 10.2. The van der Waals surface area contributed by atoms with E-state index in [4.69, 9.17) is 8.94 Å². The van der Waals surface area contributed by atoms with Crippen LogP contribution in [-0.4, -0.2) is 59.1 Å². The van der Waals surface area contributed by atoms with Crippen molar-refractivity contribution in [2.24, 2.45) is 0 Å². The summed E-state index contributed by atoms with van der Waals surface area (Å²) in [5.41, 5.74) is 2.90. The molecule has 0 atom stereocenters. The van der Waals surface area contributed by atoms with Gasteiger partial charge in [-0.05, 0) is 52.2 Å². The normalized spacial score (nSPS) is 15.2. The lowest BCUT2D eigenvalue weighted by atomic mass is 10.0. The number of fused-ring (bicyclic) bond motifs is 1. The van der Waals surface area contributed by atoms with Crippen molar-refractivity contribution in [2.45, 2.75) is 53.0 Å². The molecule has 0 aliphatic carbocycles. The minimum Gasteiger partial charge on any atom is -0.466 e. The fourth-order valence-corrected chi connectivity index (χ4v) is 4.32. The summed E-state index contributed by atoms with van der Waals surface area (Å²) in [5.74, 6) is 1.39. The molecule has 4 rings (SSSR count). The Morgan fingerprint density at radius 2 is 1.94 bits per heavy atom. The van der Waals surface area contributed by atoms with E-state index in [9.17, 15) is 9.59 Å². The van der Waals surface area contributed by atoms with E-state index in [-0.39, 0.29) is 17.9 Å². The molecular weight excluding hydrogens is 422 g/mol. The molecule has 0 radical (unpaired) electrons. The van der Waals surface area contributed by atoms with Crippen LogP contribution in [0.15, 0.2) is 21.1 Å². The number of nitrogens with zero attached hydrogens (tertiary/aromatic N) is 3. The van der Waals surface area contributed by atoms with Gasteiger partial charge in [-0.15, -0.1) is 0 Å². The first kappa shape index (κ1) is 23.0. The van der Waals surface area contributed by atoms with Crippen LogP contribution in [0.4, 0.5) is 0 Å². The van der Waals surface area contributed by atoms with Crippen molar-refractivity contribution < 1.29 is 18.5 Å². The van der Waals surface area contributed by atoms with Crippen LogP contribution in [0.1, 0.15) is 53.8 Å². The van der Waals surface area contributed by atoms with Crippen molar-refractivity contribution in [1.29, 1.82) is 0 Å². The zero-order chi connectivity index (χ0) is 23.5. The summed E-state index contributed by atoms with van der Waals surface area (Å²) in [6.07, 6.45) is 2.50. The molecule has 1 aliphatic heterocycles. The molecule has 33 heavy (non-hydrogen) atoms. The lowest BCUT2D eigenvalue weighted by molar-refractivity contribution is -0.122. The molecule has 0 aromatic carbocycles. The fraction of sp³-hybridized carbons (Fsp3) is 0.500. The first-order valence-electron chi connectivity index (χ1n) is 11.5. The van der Waals surface area contributed by atoms with Crippen LogP contribution in [0.2, 0.25) is 0 Å². The van der Waals surface area contributed by atoms with Crippen LogP contribution >= 0.6 is 0 Å². The predicted octanol–water partition coefficient (Wildman–Crippen LogP) is 3.13. The van der Waals surface area contributed by atoms with Crippen LogP contribution in [0.3, 0.4) is 0 Å². The molecule has 2 N–H and O–H groups in total. The average Bonchev–Trinajstić information content (AvgIpc) is 3.34. The van der Waals surface area contributed by atoms with Crippen molar-refractivity contribution in [3.8, 4) is 11.3 Å². The van der Waals surface area contributed by atoms with Gasteiger partial charge in [0.2, 0.25) is 5.91 Å². The minimum atomic E-state index is -0.174. The molecule has 0 unspecified atom stereocenters. The number of furan rings is 1. The number of aryl methyl sites for hydroxylation is 3. The van der Waals surface area contributed by atoms with E-state index in [1.807, 2.05) is 26.8 Å². The van der Waals surface area contributed by atoms with Gasteiger partial charge in [0.05, 0.1) is 28.9 Å². The summed E-state index contributed by atoms with van der Waals surface area (Å²) >= 11 is 0. The summed E-state index contributed by atoms with van der Waals surface area (Å²) in [7, 11) is 0. The Hall–Kier alpha value is -3.20. The van der Waals surface area contributed by atoms with Gasteiger partial charge in [-0.1, -0.05) is 12.1 Å². The van der Waals surface area contributed by atoms with Crippen LogP contribution < -0.4 is 10.6 Å². The summed E-state index contributed by atoms with van der Waals surface area (Å²) < 4.78 is 11.0. The number of hydrogen-bond donors (Lipinski definition) is 2. The van der Waals surface area contributed by atoms with E-state index >= 15 is 0 Å². The van der Waals surface area contributed by atoms with Gasteiger partial charge in [0.25, 0.3) is 11.6 Å². The SMILES string of the molecule is CCCNC(=O)CN1CCC(NC(=O)c2cc(-c3cc(C)oc3C)nc3onc(C)c23)CC1. The highest BCUT2D eigenvalue weighted by atomic mass is 16.5. The van der Waals surface area contributed by atoms with Crippen molar-refractivity contribution in [3.63, 3.8) is 0 Å². The molecule has 0 saturated carbocycles. The van der Waals surface area contributed by atoms with Crippen molar-refractivity contribution in [2.75, 3.05) is 26.2 Å². The number of likely N-dealkylation sites (tertiary alicyclic amines) is 1.